The fourth-order valence-corrected chi connectivity index (χ4v) is 2.88. The third kappa shape index (κ3) is 3.19. The number of para-hydroxylation sites is 1. The second-order valence-corrected chi connectivity index (χ2v) is 5.99. The first-order chi connectivity index (χ1) is 12.7. The molecule has 0 amide bonds. The highest BCUT2D eigenvalue weighted by Crippen LogP contribution is 2.26. The summed E-state index contributed by atoms with van der Waals surface area (Å²) in [5, 5.41) is 6.46. The van der Waals surface area contributed by atoms with Crippen molar-refractivity contribution in [2.24, 2.45) is 5.10 Å². The molecule has 5 heteroatoms. The Morgan fingerprint density at radius 2 is 1.85 bits per heavy atom. The first-order valence-electron chi connectivity index (χ1n) is 8.33. The maximum atomic E-state index is 5.28. The number of fused-ring (bicyclic) bond motifs is 2. The van der Waals surface area contributed by atoms with Gasteiger partial charge in [-0.25, -0.2) is 4.98 Å². The topological polar surface area (TPSA) is 59.4 Å². The first kappa shape index (κ1) is 16.0. The Kier molecular flexibility index (Phi) is 4.19. The molecule has 2 aromatic carbocycles. The molecule has 128 valence electrons. The van der Waals surface area contributed by atoms with Crippen molar-refractivity contribution >= 4 is 33.7 Å². The van der Waals surface area contributed by atoms with Gasteiger partial charge in [-0.1, -0.05) is 24.3 Å². The van der Waals surface area contributed by atoms with Crippen molar-refractivity contribution in [2.45, 2.75) is 6.92 Å². The van der Waals surface area contributed by atoms with E-state index >= 15 is 0 Å². The zero-order chi connectivity index (χ0) is 17.9. The summed E-state index contributed by atoms with van der Waals surface area (Å²) in [6.07, 6.45) is 1.72. The van der Waals surface area contributed by atoms with E-state index in [0.29, 0.717) is 0 Å². The molecule has 2 aromatic heterocycles. The zero-order valence-corrected chi connectivity index (χ0v) is 14.6. The molecular formula is C21H18N4O. The van der Waals surface area contributed by atoms with E-state index in [1.165, 1.54) is 0 Å². The summed E-state index contributed by atoms with van der Waals surface area (Å²) in [6, 6.07) is 19.8. The molecule has 1 N–H and O–H groups in total. The fraction of sp³-hybridized carbons (Fsp3) is 0.0952. The molecule has 0 radical (unpaired) electrons. The van der Waals surface area contributed by atoms with Crippen LogP contribution in [0.15, 0.2) is 65.8 Å². The fourth-order valence-electron chi connectivity index (χ4n) is 2.88. The van der Waals surface area contributed by atoms with Gasteiger partial charge in [-0.2, -0.15) is 5.10 Å². The second kappa shape index (κ2) is 6.80. The number of benzene rings is 2. The lowest BCUT2D eigenvalue weighted by molar-refractivity contribution is 0.415. The Hall–Kier alpha value is -3.47. The molecule has 4 aromatic rings. The molecule has 5 nitrogen and oxygen atoms in total. The first-order valence-corrected chi connectivity index (χ1v) is 8.33. The summed E-state index contributed by atoms with van der Waals surface area (Å²) in [7, 11) is 1.65. The molecule has 0 unspecified atom stereocenters. The summed E-state index contributed by atoms with van der Waals surface area (Å²) in [5.74, 6) is 0.783. The molecule has 0 aliphatic carbocycles. The molecule has 0 spiro atoms. The average Bonchev–Trinajstić information content (AvgIpc) is 2.67. The summed E-state index contributed by atoms with van der Waals surface area (Å²) >= 11 is 0. The lowest BCUT2D eigenvalue weighted by Crippen LogP contribution is -1.96. The minimum Gasteiger partial charge on any atom is -0.497 e. The highest BCUT2D eigenvalue weighted by atomic mass is 16.5. The van der Waals surface area contributed by atoms with Crippen molar-refractivity contribution < 1.29 is 4.74 Å². The molecule has 26 heavy (non-hydrogen) atoms. The number of nitrogens with one attached hydrogen (secondary N) is 1. The molecular weight excluding hydrogens is 324 g/mol. The molecule has 0 aliphatic rings. The van der Waals surface area contributed by atoms with E-state index in [0.717, 1.165) is 44.6 Å². The number of rotatable bonds is 4. The number of hydrogen-bond acceptors (Lipinski definition) is 5. The lowest BCUT2D eigenvalue weighted by Gasteiger charge is -2.08. The van der Waals surface area contributed by atoms with E-state index in [4.69, 9.17) is 4.74 Å². The van der Waals surface area contributed by atoms with Crippen molar-refractivity contribution in [3.63, 3.8) is 0 Å². The van der Waals surface area contributed by atoms with Gasteiger partial charge >= 0.3 is 0 Å². The lowest BCUT2D eigenvalue weighted by atomic mass is 10.1. The number of hydrogen-bond donors (Lipinski definition) is 1. The summed E-state index contributed by atoms with van der Waals surface area (Å²) in [5.41, 5.74) is 7.53. The molecule has 0 fully saturated rings. The number of aryl methyl sites for hydroxylation is 1. The average molecular weight is 342 g/mol. The third-order valence-corrected chi connectivity index (χ3v) is 4.15. The van der Waals surface area contributed by atoms with Crippen LogP contribution in [0.3, 0.4) is 0 Å². The monoisotopic (exact) mass is 342 g/mol. The third-order valence-electron chi connectivity index (χ3n) is 4.15. The maximum Gasteiger partial charge on any atom is 0.121 e. The quantitative estimate of drug-likeness (QED) is 0.437. The minimum absolute atomic E-state index is 0.783. The van der Waals surface area contributed by atoms with Gasteiger partial charge in [0.15, 0.2) is 0 Å². The van der Waals surface area contributed by atoms with Crippen molar-refractivity contribution in [1.29, 1.82) is 0 Å². The van der Waals surface area contributed by atoms with Gasteiger partial charge in [-0.15, -0.1) is 0 Å². The summed E-state index contributed by atoms with van der Waals surface area (Å²) in [4.78, 5) is 9.15. The summed E-state index contributed by atoms with van der Waals surface area (Å²) < 4.78 is 5.28. The summed E-state index contributed by atoms with van der Waals surface area (Å²) in [6.45, 7) is 1.96. The van der Waals surface area contributed by atoms with Crippen LogP contribution in [0.25, 0.3) is 21.8 Å². The van der Waals surface area contributed by atoms with Crippen LogP contribution in [-0.4, -0.2) is 23.3 Å². The second-order valence-electron chi connectivity index (χ2n) is 5.99. The van der Waals surface area contributed by atoms with E-state index in [1.54, 1.807) is 13.3 Å². The van der Waals surface area contributed by atoms with Gasteiger partial charge < -0.3 is 4.74 Å². The SMILES string of the molecule is COc1ccc2c(N/N=C/c3ccc4ccccc4n3)cc(C)nc2c1. The van der Waals surface area contributed by atoms with E-state index in [9.17, 15) is 0 Å². The number of ether oxygens (including phenoxy) is 1. The highest BCUT2D eigenvalue weighted by Gasteiger charge is 2.05. The smallest absolute Gasteiger partial charge is 0.121 e. The standard InChI is InChI=1S/C21H18N4O/c1-14-11-21(18-10-9-17(26-2)12-20(18)23-14)25-22-13-16-8-7-15-5-3-4-6-19(15)24-16/h3-13H,1-2H3,(H,23,25)/b22-13+. The Labute approximate surface area is 151 Å². The van der Waals surface area contributed by atoms with Gasteiger partial charge in [-0.3, -0.25) is 10.4 Å². The van der Waals surface area contributed by atoms with Crippen LogP contribution in [0.5, 0.6) is 5.75 Å². The maximum absolute atomic E-state index is 5.28. The number of nitrogens with zero attached hydrogens (tertiary/aromatic N) is 3. The van der Waals surface area contributed by atoms with Crippen molar-refractivity contribution in [2.75, 3.05) is 12.5 Å². The van der Waals surface area contributed by atoms with Gasteiger partial charge in [0, 0.05) is 22.5 Å². The van der Waals surface area contributed by atoms with Gasteiger partial charge in [-0.05, 0) is 37.3 Å². The normalized spacial score (nSPS) is 11.3. The number of methoxy groups -OCH3 is 1. The predicted molar refractivity (Wildman–Crippen MR) is 106 cm³/mol. The Bertz CT molecular complexity index is 1120. The minimum atomic E-state index is 0.783. The van der Waals surface area contributed by atoms with Gasteiger partial charge in [0.1, 0.15) is 5.75 Å². The van der Waals surface area contributed by atoms with Crippen molar-refractivity contribution in [1.82, 2.24) is 9.97 Å². The molecule has 0 saturated heterocycles. The molecule has 0 saturated carbocycles. The Morgan fingerprint density at radius 3 is 2.73 bits per heavy atom. The van der Waals surface area contributed by atoms with Crippen LogP contribution in [0.1, 0.15) is 11.4 Å². The zero-order valence-electron chi connectivity index (χ0n) is 14.6. The van der Waals surface area contributed by atoms with Crippen molar-refractivity contribution in [3.8, 4) is 5.75 Å². The van der Waals surface area contributed by atoms with Crippen LogP contribution >= 0.6 is 0 Å². The van der Waals surface area contributed by atoms with Crippen LogP contribution < -0.4 is 10.2 Å². The largest absolute Gasteiger partial charge is 0.497 e. The number of hydrazone groups is 1. The van der Waals surface area contributed by atoms with Crippen LogP contribution in [0.4, 0.5) is 5.69 Å². The molecule has 4 rings (SSSR count). The van der Waals surface area contributed by atoms with Crippen molar-refractivity contribution in [3.05, 3.63) is 72.1 Å². The van der Waals surface area contributed by atoms with Gasteiger partial charge in [0.2, 0.25) is 0 Å². The van der Waals surface area contributed by atoms with Crippen LogP contribution in [0, 0.1) is 6.92 Å². The van der Waals surface area contributed by atoms with E-state index in [1.807, 2.05) is 67.6 Å². The Balaban J connectivity index is 1.63. The predicted octanol–water partition coefficient (Wildman–Crippen LogP) is 4.55. The van der Waals surface area contributed by atoms with E-state index in [-0.39, 0.29) is 0 Å². The molecule has 0 atom stereocenters. The number of pyridine rings is 2. The van der Waals surface area contributed by atoms with E-state index in [2.05, 4.69) is 20.5 Å². The number of aromatic nitrogens is 2. The van der Waals surface area contributed by atoms with Gasteiger partial charge in [0.05, 0.1) is 35.7 Å². The molecule has 0 bridgehead atoms. The van der Waals surface area contributed by atoms with Gasteiger partial charge in [0.25, 0.3) is 0 Å². The Morgan fingerprint density at radius 1 is 0.962 bits per heavy atom. The van der Waals surface area contributed by atoms with E-state index < -0.39 is 0 Å². The molecule has 0 aliphatic heterocycles. The van der Waals surface area contributed by atoms with Crippen LogP contribution in [-0.2, 0) is 0 Å². The van der Waals surface area contributed by atoms with Crippen LogP contribution in [0.2, 0.25) is 0 Å². The number of anilines is 1. The molecule has 2 heterocycles. The highest BCUT2D eigenvalue weighted by molar-refractivity contribution is 5.93.